The van der Waals surface area contributed by atoms with Crippen molar-refractivity contribution in [2.75, 3.05) is 0 Å². The highest BCUT2D eigenvalue weighted by Gasteiger charge is 2.49. The molecule has 0 heterocycles. The highest BCUT2D eigenvalue weighted by molar-refractivity contribution is 7.80. The highest BCUT2D eigenvalue weighted by Crippen LogP contribution is 2.62. The lowest BCUT2D eigenvalue weighted by Gasteiger charge is -2.30. The van der Waals surface area contributed by atoms with Crippen molar-refractivity contribution in [3.8, 4) is 0 Å². The first-order valence-corrected chi connectivity index (χ1v) is 20.5. The molecule has 0 bridgehead atoms. The van der Waals surface area contributed by atoms with Crippen LogP contribution in [-0.4, -0.2) is 15.7 Å². The molecule has 5 aliphatic carbocycles. The first-order valence-electron chi connectivity index (χ1n) is 20.1. The highest BCUT2D eigenvalue weighted by atomic mass is 32.1. The standard InChI is InChI=1S/C46H38B2S.2C2H6/c1-25-12-14-28(15-13-25)37-20-30-17-33(48)23-39-42(30)46(37)40-24-34(49)18-31-21-36(27-10-6-3-7-11-27)45(43(31)40)38-22-32(47)16-29-19-35(44(39)41(29)38)26-8-4-2-5-9-26;2*1-2/h2-6,8-10,12-18,22-24,35-37,44-46,49H,7,11,19-21H2,1H3;2*1-2H3. The van der Waals surface area contributed by atoms with E-state index in [1.807, 2.05) is 27.7 Å². The van der Waals surface area contributed by atoms with Crippen molar-refractivity contribution < 1.29 is 0 Å². The van der Waals surface area contributed by atoms with Gasteiger partial charge >= 0.3 is 0 Å². The average Bonchev–Trinajstić information content (AvgIpc) is 3.88. The second kappa shape index (κ2) is 14.7. The summed E-state index contributed by atoms with van der Waals surface area (Å²) in [6, 6.07) is 34.7. The summed E-state index contributed by atoms with van der Waals surface area (Å²) in [4.78, 5) is 1.07. The van der Waals surface area contributed by atoms with Crippen LogP contribution in [0.2, 0.25) is 0 Å². The average molecular weight is 705 g/mol. The molecule has 53 heavy (non-hydrogen) atoms. The van der Waals surface area contributed by atoms with Crippen molar-refractivity contribution in [3.63, 3.8) is 0 Å². The van der Waals surface area contributed by atoms with Gasteiger partial charge in [-0.05, 0) is 130 Å². The molecule has 5 aromatic rings. The molecule has 6 unspecified atom stereocenters. The van der Waals surface area contributed by atoms with Crippen LogP contribution < -0.4 is 10.9 Å². The Balaban J connectivity index is 0.000000969. The van der Waals surface area contributed by atoms with E-state index in [9.17, 15) is 0 Å². The second-order valence-electron chi connectivity index (χ2n) is 15.4. The van der Waals surface area contributed by atoms with E-state index < -0.39 is 0 Å². The van der Waals surface area contributed by atoms with Crippen LogP contribution in [0.15, 0.2) is 120 Å². The first kappa shape index (κ1) is 36.1. The molecule has 0 aromatic heterocycles. The van der Waals surface area contributed by atoms with Gasteiger partial charge in [0.25, 0.3) is 0 Å². The molecule has 0 amide bonds. The van der Waals surface area contributed by atoms with E-state index in [4.69, 9.17) is 28.3 Å². The normalized spacial score (nSPS) is 23.8. The van der Waals surface area contributed by atoms with Crippen LogP contribution >= 0.6 is 12.6 Å². The summed E-state index contributed by atoms with van der Waals surface area (Å²) in [5.74, 6) is 1.65. The summed E-state index contributed by atoms with van der Waals surface area (Å²) in [5, 5.41) is 0. The minimum atomic E-state index is 0.194. The van der Waals surface area contributed by atoms with Crippen molar-refractivity contribution in [2.45, 2.75) is 101 Å². The van der Waals surface area contributed by atoms with Crippen LogP contribution in [0.3, 0.4) is 0 Å². The molecule has 4 radical (unpaired) electrons. The van der Waals surface area contributed by atoms with Gasteiger partial charge in [-0.2, -0.15) is 0 Å². The zero-order valence-corrected chi connectivity index (χ0v) is 32.9. The number of allylic oxidation sites excluding steroid dienone is 4. The fraction of sp³-hybridized carbons (Fsp3) is 0.320. The fourth-order valence-corrected chi connectivity index (χ4v) is 11.2. The Kier molecular flexibility index (Phi) is 10.0. The Labute approximate surface area is 326 Å². The maximum absolute atomic E-state index is 6.93. The van der Waals surface area contributed by atoms with E-state index in [1.165, 1.54) is 66.8 Å². The SMILES string of the molecule is CC.CC.[B]c1cc2c3c(c1)C1c4c(cc(S)cc4C4c5c(cc([B])cc5C3C(c3ccccc3)C2)CC4c2ccc(C)cc2)CC1C1=CC=CCC1. The predicted octanol–water partition coefficient (Wildman–Crippen LogP) is 10.8. The molecule has 5 aliphatic rings. The van der Waals surface area contributed by atoms with E-state index in [-0.39, 0.29) is 17.8 Å². The molecule has 5 aromatic carbocycles. The van der Waals surface area contributed by atoms with Gasteiger partial charge in [-0.3, -0.25) is 0 Å². The topological polar surface area (TPSA) is 0 Å². The van der Waals surface area contributed by atoms with Gasteiger partial charge in [-0.1, -0.05) is 147 Å². The third-order valence-corrected chi connectivity index (χ3v) is 12.9. The Morgan fingerprint density at radius 2 is 1.06 bits per heavy atom. The Morgan fingerprint density at radius 1 is 0.566 bits per heavy atom. The lowest BCUT2D eigenvalue weighted by atomic mass is 9.72. The number of aryl methyl sites for hydroxylation is 1. The molecule has 262 valence electrons. The van der Waals surface area contributed by atoms with Gasteiger partial charge < -0.3 is 0 Å². The monoisotopic (exact) mass is 704 g/mol. The third kappa shape index (κ3) is 6.03. The maximum atomic E-state index is 6.93. The quantitative estimate of drug-likeness (QED) is 0.140. The maximum Gasteiger partial charge on any atom is 0.113 e. The third-order valence-electron chi connectivity index (χ3n) is 12.6. The minimum absolute atomic E-state index is 0.194. The van der Waals surface area contributed by atoms with Crippen molar-refractivity contribution >= 4 is 39.2 Å². The van der Waals surface area contributed by atoms with E-state index in [1.54, 1.807) is 5.57 Å². The molecular formula is C50H50B2S. The molecule has 0 fully saturated rings. The number of fused-ring (bicyclic) bond motifs is 3. The largest absolute Gasteiger partial charge is 0.143 e. The summed E-state index contributed by atoms with van der Waals surface area (Å²) in [5.41, 5.74) is 20.6. The fourth-order valence-electron chi connectivity index (χ4n) is 10.9. The number of benzene rings is 5. The molecule has 3 heteroatoms. The van der Waals surface area contributed by atoms with Crippen LogP contribution in [0.1, 0.15) is 137 Å². The molecule has 0 spiro atoms. The molecule has 6 atom stereocenters. The number of rotatable bonds is 3. The number of thiol groups is 1. The van der Waals surface area contributed by atoms with E-state index >= 15 is 0 Å². The molecule has 0 saturated heterocycles. The van der Waals surface area contributed by atoms with Crippen molar-refractivity contribution in [2.24, 2.45) is 5.92 Å². The predicted molar refractivity (Wildman–Crippen MR) is 230 cm³/mol. The van der Waals surface area contributed by atoms with Crippen LogP contribution in [0.5, 0.6) is 0 Å². The lowest BCUT2D eigenvalue weighted by molar-refractivity contribution is 0.551. The minimum Gasteiger partial charge on any atom is -0.143 e. The summed E-state index contributed by atoms with van der Waals surface area (Å²) in [7, 11) is 13.9. The molecular weight excluding hydrogens is 654 g/mol. The van der Waals surface area contributed by atoms with Crippen LogP contribution in [0.25, 0.3) is 0 Å². The van der Waals surface area contributed by atoms with Crippen LogP contribution in [0.4, 0.5) is 0 Å². The molecule has 0 saturated carbocycles. The van der Waals surface area contributed by atoms with Gasteiger partial charge in [0.05, 0.1) is 0 Å². The van der Waals surface area contributed by atoms with Gasteiger partial charge in [0, 0.05) is 22.6 Å². The number of hydrogen-bond donors (Lipinski definition) is 1. The Bertz CT molecular complexity index is 2230. The molecule has 0 aliphatic heterocycles. The second-order valence-corrected chi connectivity index (χ2v) is 15.9. The zero-order valence-electron chi connectivity index (χ0n) is 32.0. The van der Waals surface area contributed by atoms with Gasteiger partial charge in [0.2, 0.25) is 0 Å². The van der Waals surface area contributed by atoms with Crippen LogP contribution in [0, 0.1) is 12.8 Å². The van der Waals surface area contributed by atoms with Gasteiger partial charge in [0.15, 0.2) is 0 Å². The van der Waals surface area contributed by atoms with Crippen molar-refractivity contribution in [3.05, 3.63) is 182 Å². The van der Waals surface area contributed by atoms with Gasteiger partial charge in [-0.25, -0.2) is 0 Å². The smallest absolute Gasteiger partial charge is 0.113 e. The Morgan fingerprint density at radius 3 is 1.60 bits per heavy atom. The summed E-state index contributed by atoms with van der Waals surface area (Å²) < 4.78 is 0. The summed E-state index contributed by atoms with van der Waals surface area (Å²) in [6.45, 7) is 10.2. The van der Waals surface area contributed by atoms with E-state index in [2.05, 4.69) is 116 Å². The van der Waals surface area contributed by atoms with Gasteiger partial charge in [-0.15, -0.1) is 12.6 Å². The first-order chi connectivity index (χ1) is 25.9. The van der Waals surface area contributed by atoms with Crippen molar-refractivity contribution in [1.29, 1.82) is 0 Å². The van der Waals surface area contributed by atoms with E-state index in [0.717, 1.165) is 47.9 Å². The van der Waals surface area contributed by atoms with Crippen molar-refractivity contribution in [1.82, 2.24) is 0 Å². The van der Waals surface area contributed by atoms with E-state index in [0.29, 0.717) is 17.8 Å². The molecule has 10 rings (SSSR count). The number of hydrogen-bond acceptors (Lipinski definition) is 1. The lowest BCUT2D eigenvalue weighted by Crippen LogP contribution is -2.20. The zero-order chi connectivity index (χ0) is 37.0. The van der Waals surface area contributed by atoms with Gasteiger partial charge in [0.1, 0.15) is 15.7 Å². The Hall–Kier alpha value is -3.94. The molecule has 0 N–H and O–H groups in total. The molecule has 0 nitrogen and oxygen atoms in total. The van der Waals surface area contributed by atoms with Crippen LogP contribution in [-0.2, 0) is 19.3 Å². The summed E-state index contributed by atoms with van der Waals surface area (Å²) >= 11 is 5.13. The summed E-state index contributed by atoms with van der Waals surface area (Å²) in [6.07, 6.45) is 12.3.